The van der Waals surface area contributed by atoms with Gasteiger partial charge in [-0.2, -0.15) is 0 Å². The van der Waals surface area contributed by atoms with Crippen molar-refractivity contribution in [2.45, 2.75) is 58.5 Å². The topological polar surface area (TPSA) is 41.1 Å². The first-order valence-corrected chi connectivity index (χ1v) is 7.59. The Hall–Kier alpha value is -0.680. The van der Waals surface area contributed by atoms with Gasteiger partial charge < -0.3 is 10.2 Å². The molecule has 0 aromatic carbocycles. The fourth-order valence-electron chi connectivity index (χ4n) is 2.29. The van der Waals surface area contributed by atoms with Crippen LogP contribution in [0.25, 0.3) is 0 Å². The minimum Gasteiger partial charge on any atom is -0.342 e. The molecule has 1 aliphatic heterocycles. The van der Waals surface area contributed by atoms with E-state index in [1.807, 2.05) is 6.92 Å². The van der Waals surface area contributed by atoms with E-state index in [1.165, 1.54) is 19.3 Å². The van der Waals surface area contributed by atoms with Gasteiger partial charge in [0.2, 0.25) is 5.13 Å². The second kappa shape index (κ2) is 5.53. The zero-order valence-corrected chi connectivity index (χ0v) is 12.7. The number of aryl methyl sites for hydroxylation is 1. The molecule has 0 bridgehead atoms. The summed E-state index contributed by atoms with van der Waals surface area (Å²) in [5.41, 5.74) is 0.181. The molecule has 0 saturated carbocycles. The summed E-state index contributed by atoms with van der Waals surface area (Å²) in [6.07, 6.45) is 3.84. The zero-order valence-electron chi connectivity index (χ0n) is 11.9. The summed E-state index contributed by atoms with van der Waals surface area (Å²) in [6, 6.07) is 0.560. The maximum Gasteiger partial charge on any atom is 0.208 e. The summed E-state index contributed by atoms with van der Waals surface area (Å²) in [5, 5.41) is 14.2. The third kappa shape index (κ3) is 3.65. The highest BCUT2D eigenvalue weighted by atomic mass is 32.1. The first kappa shape index (κ1) is 13.7. The molecule has 18 heavy (non-hydrogen) atoms. The van der Waals surface area contributed by atoms with Gasteiger partial charge >= 0.3 is 0 Å². The smallest absolute Gasteiger partial charge is 0.208 e. The number of rotatable bonds is 3. The first-order chi connectivity index (χ1) is 8.46. The van der Waals surface area contributed by atoms with E-state index >= 15 is 0 Å². The Morgan fingerprint density at radius 1 is 1.33 bits per heavy atom. The van der Waals surface area contributed by atoms with Gasteiger partial charge in [-0.05, 0) is 47.0 Å². The van der Waals surface area contributed by atoms with Crippen molar-refractivity contribution in [2.75, 3.05) is 18.0 Å². The van der Waals surface area contributed by atoms with Gasteiger partial charge in [-0.3, -0.25) is 0 Å². The van der Waals surface area contributed by atoms with Gasteiger partial charge in [0.05, 0.1) is 0 Å². The van der Waals surface area contributed by atoms with Crippen molar-refractivity contribution in [1.29, 1.82) is 0 Å². The predicted molar refractivity (Wildman–Crippen MR) is 77.4 cm³/mol. The molecule has 1 aromatic rings. The number of hydrogen-bond acceptors (Lipinski definition) is 5. The van der Waals surface area contributed by atoms with Crippen LogP contribution in [0.2, 0.25) is 0 Å². The van der Waals surface area contributed by atoms with Crippen molar-refractivity contribution < 1.29 is 0 Å². The third-order valence-corrected chi connectivity index (χ3v) is 4.13. The van der Waals surface area contributed by atoms with Crippen LogP contribution >= 0.6 is 11.3 Å². The lowest BCUT2D eigenvalue weighted by atomic mass is 10.0. The largest absolute Gasteiger partial charge is 0.342 e. The van der Waals surface area contributed by atoms with Crippen LogP contribution in [0, 0.1) is 6.92 Å². The molecule has 1 saturated heterocycles. The van der Waals surface area contributed by atoms with Crippen molar-refractivity contribution in [3.8, 4) is 0 Å². The Kier molecular flexibility index (Phi) is 4.22. The predicted octanol–water partition coefficient (Wildman–Crippen LogP) is 2.59. The molecule has 5 heteroatoms. The Labute approximate surface area is 114 Å². The molecular weight excluding hydrogens is 244 g/mol. The third-order valence-electron chi connectivity index (χ3n) is 3.26. The number of aromatic nitrogens is 2. The molecule has 1 aromatic heterocycles. The number of hydrogen-bond donors (Lipinski definition) is 1. The van der Waals surface area contributed by atoms with E-state index in [0.717, 1.165) is 23.2 Å². The van der Waals surface area contributed by atoms with Gasteiger partial charge in [-0.1, -0.05) is 11.3 Å². The van der Waals surface area contributed by atoms with E-state index in [0.29, 0.717) is 6.04 Å². The van der Waals surface area contributed by atoms with Crippen molar-refractivity contribution in [1.82, 2.24) is 15.5 Å². The van der Waals surface area contributed by atoms with Crippen LogP contribution in [-0.2, 0) is 0 Å². The molecule has 4 nitrogen and oxygen atoms in total. The summed E-state index contributed by atoms with van der Waals surface area (Å²) >= 11 is 1.71. The lowest BCUT2D eigenvalue weighted by Gasteiger charge is -2.37. The van der Waals surface area contributed by atoms with Crippen molar-refractivity contribution >= 4 is 16.5 Å². The molecule has 1 unspecified atom stereocenters. The number of nitrogens with one attached hydrogen (secondary N) is 1. The van der Waals surface area contributed by atoms with E-state index in [2.05, 4.69) is 41.2 Å². The highest BCUT2D eigenvalue weighted by molar-refractivity contribution is 7.15. The minimum atomic E-state index is 0.181. The summed E-state index contributed by atoms with van der Waals surface area (Å²) in [5.74, 6) is 0. The van der Waals surface area contributed by atoms with Crippen LogP contribution < -0.4 is 10.2 Å². The molecule has 0 spiro atoms. The molecule has 1 atom stereocenters. The lowest BCUT2D eigenvalue weighted by Crippen LogP contribution is -2.49. The van der Waals surface area contributed by atoms with Crippen LogP contribution in [0.1, 0.15) is 45.0 Å². The molecular formula is C13H24N4S. The van der Waals surface area contributed by atoms with Crippen LogP contribution in [0.15, 0.2) is 0 Å². The number of nitrogens with zero attached hydrogens (tertiary/aromatic N) is 3. The standard InChI is InChI=1S/C13H24N4S/c1-10-15-16-12(18-10)17-8-6-5-7-11(17)9-14-13(2,3)4/h11,14H,5-9H2,1-4H3. The van der Waals surface area contributed by atoms with E-state index in [4.69, 9.17) is 0 Å². The van der Waals surface area contributed by atoms with E-state index in [-0.39, 0.29) is 5.54 Å². The van der Waals surface area contributed by atoms with Crippen molar-refractivity contribution in [3.05, 3.63) is 5.01 Å². The maximum absolute atomic E-state index is 4.30. The molecule has 2 rings (SSSR count). The van der Waals surface area contributed by atoms with E-state index in [9.17, 15) is 0 Å². The fraction of sp³-hybridized carbons (Fsp3) is 0.846. The van der Waals surface area contributed by atoms with Gasteiger partial charge in [0.25, 0.3) is 0 Å². The van der Waals surface area contributed by atoms with Crippen molar-refractivity contribution in [2.24, 2.45) is 0 Å². The van der Waals surface area contributed by atoms with E-state index < -0.39 is 0 Å². The first-order valence-electron chi connectivity index (χ1n) is 6.77. The monoisotopic (exact) mass is 268 g/mol. The van der Waals surface area contributed by atoms with Crippen LogP contribution in [0.3, 0.4) is 0 Å². The highest BCUT2D eigenvalue weighted by Crippen LogP contribution is 2.27. The van der Waals surface area contributed by atoms with Gasteiger partial charge in [-0.15, -0.1) is 10.2 Å². The zero-order chi connectivity index (χ0) is 13.2. The highest BCUT2D eigenvalue weighted by Gasteiger charge is 2.26. The average molecular weight is 268 g/mol. The van der Waals surface area contributed by atoms with E-state index in [1.54, 1.807) is 11.3 Å². The molecule has 2 heterocycles. The number of piperidine rings is 1. The molecule has 1 aliphatic rings. The van der Waals surface area contributed by atoms with Crippen molar-refractivity contribution in [3.63, 3.8) is 0 Å². The molecule has 102 valence electrons. The molecule has 1 fully saturated rings. The Bertz CT molecular complexity index is 383. The van der Waals surface area contributed by atoms with Crippen LogP contribution in [-0.4, -0.2) is 34.9 Å². The average Bonchev–Trinajstić information content (AvgIpc) is 2.72. The summed E-state index contributed by atoms with van der Waals surface area (Å²) in [6.45, 7) is 10.8. The van der Waals surface area contributed by atoms with Gasteiger partial charge in [-0.25, -0.2) is 0 Å². The fourth-order valence-corrected chi connectivity index (χ4v) is 3.08. The molecule has 0 amide bonds. The minimum absolute atomic E-state index is 0.181. The quantitative estimate of drug-likeness (QED) is 0.915. The second-order valence-electron chi connectivity index (χ2n) is 6.08. The Morgan fingerprint density at radius 3 is 2.72 bits per heavy atom. The molecule has 1 N–H and O–H groups in total. The lowest BCUT2D eigenvalue weighted by molar-refractivity contribution is 0.366. The normalized spacial score (nSPS) is 21.3. The summed E-state index contributed by atoms with van der Waals surface area (Å²) < 4.78 is 0. The van der Waals surface area contributed by atoms with Gasteiger partial charge in [0, 0.05) is 24.7 Å². The summed E-state index contributed by atoms with van der Waals surface area (Å²) in [7, 11) is 0. The maximum atomic E-state index is 4.30. The SMILES string of the molecule is Cc1nnc(N2CCCCC2CNC(C)(C)C)s1. The Morgan fingerprint density at radius 2 is 2.11 bits per heavy atom. The second-order valence-corrected chi connectivity index (χ2v) is 7.24. The number of anilines is 1. The van der Waals surface area contributed by atoms with Crippen LogP contribution in [0.4, 0.5) is 5.13 Å². The Balaban J connectivity index is 2.02. The molecule has 0 aliphatic carbocycles. The summed E-state index contributed by atoms with van der Waals surface area (Å²) in [4.78, 5) is 2.44. The van der Waals surface area contributed by atoms with Crippen LogP contribution in [0.5, 0.6) is 0 Å². The van der Waals surface area contributed by atoms with Gasteiger partial charge in [0.1, 0.15) is 5.01 Å². The van der Waals surface area contributed by atoms with Gasteiger partial charge in [0.15, 0.2) is 0 Å². The molecule has 0 radical (unpaired) electrons.